The summed E-state index contributed by atoms with van der Waals surface area (Å²) in [7, 11) is 0. The summed E-state index contributed by atoms with van der Waals surface area (Å²) in [6.45, 7) is 0. The molecule has 0 aliphatic carbocycles. The second kappa shape index (κ2) is 4.78. The Morgan fingerprint density at radius 1 is 1.20 bits per heavy atom. The molecule has 1 nitrogen and oxygen atoms in total. The van der Waals surface area contributed by atoms with E-state index in [4.69, 9.17) is 5.73 Å². The van der Waals surface area contributed by atoms with Crippen LogP contribution in [-0.4, -0.2) is 0 Å². The summed E-state index contributed by atoms with van der Waals surface area (Å²) >= 11 is 8.60. The Hall–Kier alpha value is -0.160. The van der Waals surface area contributed by atoms with Gasteiger partial charge in [-0.25, -0.2) is 0 Å². The lowest BCUT2D eigenvalue weighted by atomic mass is 10.0. The summed E-state index contributed by atoms with van der Waals surface area (Å²) < 4.78 is 2.14. The van der Waals surface area contributed by atoms with E-state index in [-0.39, 0.29) is 6.04 Å². The Kier molecular flexibility index (Phi) is 3.61. The Labute approximate surface area is 110 Å². The maximum atomic E-state index is 6.19. The molecule has 4 heteroatoms. The zero-order valence-electron chi connectivity index (χ0n) is 7.78. The third kappa shape index (κ3) is 2.50. The second-order valence-electron chi connectivity index (χ2n) is 3.21. The third-order valence-electron chi connectivity index (χ3n) is 2.19. The van der Waals surface area contributed by atoms with Crippen molar-refractivity contribution >= 4 is 43.2 Å². The van der Waals surface area contributed by atoms with Gasteiger partial charge in [-0.05, 0) is 44.6 Å². The van der Waals surface area contributed by atoms with Gasteiger partial charge in [0.2, 0.25) is 0 Å². The predicted octanol–water partition coefficient (Wildman–Crippen LogP) is 4.32. The molecule has 0 amide bonds. The first-order valence-corrected chi connectivity index (χ1v) is 6.94. The number of nitrogens with two attached hydrogens (primary N) is 1. The molecule has 0 radical (unpaired) electrons. The highest BCUT2D eigenvalue weighted by molar-refractivity contribution is 9.10. The molecule has 0 aliphatic rings. The van der Waals surface area contributed by atoms with E-state index in [1.165, 1.54) is 0 Å². The summed E-state index contributed by atoms with van der Waals surface area (Å²) in [5.41, 5.74) is 8.44. The second-order valence-corrected chi connectivity index (χ2v) is 5.72. The van der Waals surface area contributed by atoms with E-state index in [0.29, 0.717) is 0 Å². The molecule has 0 fully saturated rings. The van der Waals surface area contributed by atoms with Gasteiger partial charge in [0.25, 0.3) is 0 Å². The number of benzene rings is 1. The van der Waals surface area contributed by atoms with Crippen LogP contribution >= 0.6 is 43.2 Å². The topological polar surface area (TPSA) is 26.0 Å². The number of halogens is 2. The van der Waals surface area contributed by atoms with Gasteiger partial charge in [-0.2, -0.15) is 11.3 Å². The lowest BCUT2D eigenvalue weighted by Gasteiger charge is -2.11. The fourth-order valence-corrected chi connectivity index (χ4v) is 3.39. The molecule has 1 unspecified atom stereocenters. The minimum atomic E-state index is -0.0666. The fourth-order valence-electron chi connectivity index (χ4n) is 1.39. The number of hydrogen-bond acceptors (Lipinski definition) is 2. The molecule has 2 aromatic rings. The van der Waals surface area contributed by atoms with Crippen LogP contribution in [0.2, 0.25) is 0 Å². The molecule has 2 N–H and O–H groups in total. The number of rotatable bonds is 2. The van der Waals surface area contributed by atoms with Crippen LogP contribution in [0.5, 0.6) is 0 Å². The summed E-state index contributed by atoms with van der Waals surface area (Å²) in [6.07, 6.45) is 0. The smallest absolute Gasteiger partial charge is 0.0571 e. The Morgan fingerprint density at radius 3 is 2.60 bits per heavy atom. The first kappa shape index (κ1) is 11.3. The van der Waals surface area contributed by atoms with Crippen LogP contribution in [0.4, 0.5) is 0 Å². The minimum absolute atomic E-state index is 0.0666. The first-order valence-electron chi connectivity index (χ1n) is 4.41. The number of thiophene rings is 1. The quantitative estimate of drug-likeness (QED) is 0.860. The van der Waals surface area contributed by atoms with Crippen LogP contribution in [0.15, 0.2) is 44.0 Å². The van der Waals surface area contributed by atoms with Crippen molar-refractivity contribution in [1.82, 2.24) is 0 Å². The van der Waals surface area contributed by atoms with E-state index >= 15 is 0 Å². The van der Waals surface area contributed by atoms with E-state index in [1.807, 2.05) is 23.6 Å². The monoisotopic (exact) mass is 345 g/mol. The molecule has 1 aromatic carbocycles. The van der Waals surface area contributed by atoms with Crippen molar-refractivity contribution in [3.8, 4) is 0 Å². The van der Waals surface area contributed by atoms with Crippen LogP contribution < -0.4 is 5.73 Å². The van der Waals surface area contributed by atoms with Gasteiger partial charge in [0.05, 0.1) is 6.04 Å². The maximum Gasteiger partial charge on any atom is 0.0571 e. The van der Waals surface area contributed by atoms with Crippen LogP contribution in [-0.2, 0) is 0 Å². The van der Waals surface area contributed by atoms with Gasteiger partial charge >= 0.3 is 0 Å². The highest BCUT2D eigenvalue weighted by Gasteiger charge is 2.12. The Balaban J connectivity index is 2.36. The molecule has 1 aromatic heterocycles. The molecule has 1 atom stereocenters. The Bertz CT molecular complexity index is 467. The van der Waals surface area contributed by atoms with Crippen molar-refractivity contribution in [1.29, 1.82) is 0 Å². The van der Waals surface area contributed by atoms with Gasteiger partial charge in [-0.1, -0.05) is 28.1 Å². The molecule has 0 bridgehead atoms. The predicted molar refractivity (Wildman–Crippen MR) is 72.2 cm³/mol. The van der Waals surface area contributed by atoms with Gasteiger partial charge in [0.15, 0.2) is 0 Å². The first-order chi connectivity index (χ1) is 7.18. The maximum absolute atomic E-state index is 6.19. The summed E-state index contributed by atoms with van der Waals surface area (Å²) in [6, 6.07) is 8.02. The van der Waals surface area contributed by atoms with Crippen LogP contribution in [0, 0.1) is 0 Å². The van der Waals surface area contributed by atoms with Crippen LogP contribution in [0.3, 0.4) is 0 Å². The molecule has 0 saturated heterocycles. The van der Waals surface area contributed by atoms with E-state index in [9.17, 15) is 0 Å². The van der Waals surface area contributed by atoms with E-state index in [1.54, 1.807) is 11.3 Å². The lowest BCUT2D eigenvalue weighted by Crippen LogP contribution is -2.11. The average molecular weight is 347 g/mol. The van der Waals surface area contributed by atoms with Gasteiger partial charge in [-0.15, -0.1) is 0 Å². The lowest BCUT2D eigenvalue weighted by molar-refractivity contribution is 0.871. The molecule has 0 spiro atoms. The zero-order chi connectivity index (χ0) is 10.8. The third-order valence-corrected chi connectivity index (χ3v) is 4.43. The highest BCUT2D eigenvalue weighted by Crippen LogP contribution is 2.30. The highest BCUT2D eigenvalue weighted by atomic mass is 79.9. The van der Waals surface area contributed by atoms with Gasteiger partial charge < -0.3 is 5.73 Å². The van der Waals surface area contributed by atoms with Crippen molar-refractivity contribution in [2.45, 2.75) is 6.04 Å². The van der Waals surface area contributed by atoms with Crippen molar-refractivity contribution in [3.05, 3.63) is 55.1 Å². The molecule has 15 heavy (non-hydrogen) atoms. The molecule has 1 heterocycles. The van der Waals surface area contributed by atoms with Gasteiger partial charge in [0, 0.05) is 14.3 Å². The molecule has 78 valence electrons. The average Bonchev–Trinajstić information content (AvgIpc) is 2.63. The van der Waals surface area contributed by atoms with Gasteiger partial charge in [-0.3, -0.25) is 0 Å². The van der Waals surface area contributed by atoms with Gasteiger partial charge in [0.1, 0.15) is 0 Å². The molecule has 0 aliphatic heterocycles. The van der Waals surface area contributed by atoms with Crippen molar-refractivity contribution < 1.29 is 0 Å². The van der Waals surface area contributed by atoms with E-state index in [2.05, 4.69) is 43.3 Å². The number of hydrogen-bond donors (Lipinski definition) is 1. The SMILES string of the molecule is NC(c1cccc(Br)c1)c1cscc1Br. The normalized spacial score (nSPS) is 12.7. The van der Waals surface area contributed by atoms with Crippen molar-refractivity contribution in [2.75, 3.05) is 0 Å². The minimum Gasteiger partial charge on any atom is -0.320 e. The fraction of sp³-hybridized carbons (Fsp3) is 0.0909. The molecular weight excluding hydrogens is 338 g/mol. The standard InChI is InChI=1S/C11H9Br2NS/c12-8-3-1-2-7(4-8)11(14)9-5-15-6-10(9)13/h1-6,11H,14H2. The summed E-state index contributed by atoms with van der Waals surface area (Å²) in [4.78, 5) is 0. The largest absolute Gasteiger partial charge is 0.320 e. The molecule has 2 rings (SSSR count). The van der Waals surface area contributed by atoms with Crippen LogP contribution in [0.25, 0.3) is 0 Å². The molecular formula is C11H9Br2NS. The van der Waals surface area contributed by atoms with Crippen LogP contribution in [0.1, 0.15) is 17.2 Å². The zero-order valence-corrected chi connectivity index (χ0v) is 11.8. The Morgan fingerprint density at radius 2 is 2.00 bits per heavy atom. The summed E-state index contributed by atoms with van der Waals surface area (Å²) in [5.74, 6) is 0. The summed E-state index contributed by atoms with van der Waals surface area (Å²) in [5, 5.41) is 4.13. The van der Waals surface area contributed by atoms with Crippen molar-refractivity contribution in [3.63, 3.8) is 0 Å². The van der Waals surface area contributed by atoms with Crippen molar-refractivity contribution in [2.24, 2.45) is 5.73 Å². The van der Waals surface area contributed by atoms with E-state index < -0.39 is 0 Å². The van der Waals surface area contributed by atoms with E-state index in [0.717, 1.165) is 20.1 Å². The molecule has 0 saturated carbocycles.